The van der Waals surface area contributed by atoms with Gasteiger partial charge in [-0.15, -0.1) is 5.10 Å². The number of thioether (sulfide) groups is 1. The number of ether oxygens (including phenoxy) is 2. The van der Waals surface area contributed by atoms with Gasteiger partial charge in [0.05, 0.1) is 33.2 Å². The average Bonchev–Trinajstić information content (AvgIpc) is 2.99. The molecule has 0 saturated carbocycles. The van der Waals surface area contributed by atoms with Crippen LogP contribution in [0.1, 0.15) is 5.56 Å². The predicted molar refractivity (Wildman–Crippen MR) is 87.4 cm³/mol. The van der Waals surface area contributed by atoms with E-state index >= 15 is 0 Å². The summed E-state index contributed by atoms with van der Waals surface area (Å²) in [6.45, 7) is 0. The van der Waals surface area contributed by atoms with E-state index in [9.17, 15) is 9.90 Å². The van der Waals surface area contributed by atoms with Gasteiger partial charge < -0.3 is 14.6 Å². The Morgan fingerprint density at radius 1 is 1.46 bits per heavy atom. The van der Waals surface area contributed by atoms with E-state index in [0.29, 0.717) is 5.56 Å². The van der Waals surface area contributed by atoms with Crippen LogP contribution in [0.4, 0.5) is 0 Å². The van der Waals surface area contributed by atoms with E-state index in [0.717, 1.165) is 5.16 Å². The average molecular weight is 352 g/mol. The highest BCUT2D eigenvalue weighted by Crippen LogP contribution is 2.36. The van der Waals surface area contributed by atoms with Gasteiger partial charge in [0.1, 0.15) is 0 Å². The first-order chi connectivity index (χ1) is 11.5. The summed E-state index contributed by atoms with van der Waals surface area (Å²) in [6, 6.07) is 3.15. The number of nitrogens with one attached hydrogen (secondary N) is 2. The normalized spacial score (nSPS) is 10.8. The summed E-state index contributed by atoms with van der Waals surface area (Å²) in [7, 11) is 4.70. The molecule has 9 nitrogen and oxygen atoms in total. The number of amides is 1. The Labute approximate surface area is 142 Å². The Hall–Kier alpha value is -2.75. The summed E-state index contributed by atoms with van der Waals surface area (Å²) < 4.78 is 11.9. The number of hydrogen-bond donors (Lipinski definition) is 3. The van der Waals surface area contributed by atoms with E-state index in [4.69, 9.17) is 9.47 Å². The van der Waals surface area contributed by atoms with Crippen molar-refractivity contribution in [2.75, 3.05) is 20.0 Å². The Morgan fingerprint density at radius 2 is 2.12 bits per heavy atom. The molecule has 3 N–H and O–H groups in total. The van der Waals surface area contributed by atoms with Gasteiger partial charge in [0.2, 0.25) is 5.75 Å². The third-order valence-corrected chi connectivity index (χ3v) is 4.02. The van der Waals surface area contributed by atoms with E-state index in [1.165, 1.54) is 32.2 Å². The Morgan fingerprint density at radius 3 is 2.67 bits per heavy atom. The molecule has 128 valence electrons. The van der Waals surface area contributed by atoms with Gasteiger partial charge in [-0.2, -0.15) is 5.10 Å². The molecule has 1 amide bonds. The van der Waals surface area contributed by atoms with Gasteiger partial charge in [0, 0.05) is 10.7 Å². The topological polar surface area (TPSA) is 113 Å². The molecule has 1 heterocycles. The number of aryl methyl sites for hydroxylation is 1. The van der Waals surface area contributed by atoms with Crippen molar-refractivity contribution in [3.05, 3.63) is 24.0 Å². The van der Waals surface area contributed by atoms with Crippen LogP contribution in [0.2, 0.25) is 0 Å². The zero-order valence-electron chi connectivity index (χ0n) is 13.4. The van der Waals surface area contributed by atoms with Crippen LogP contribution in [0.25, 0.3) is 0 Å². The molecule has 24 heavy (non-hydrogen) atoms. The first-order valence-electron chi connectivity index (χ1n) is 6.83. The fraction of sp³-hybridized carbons (Fsp3) is 0.286. The monoisotopic (exact) mass is 352 g/mol. The maximum atomic E-state index is 11.8. The Kier molecular flexibility index (Phi) is 6.01. The zero-order valence-corrected chi connectivity index (χ0v) is 14.3. The zero-order chi connectivity index (χ0) is 17.5. The molecule has 2 rings (SSSR count). The first kappa shape index (κ1) is 17.6. The van der Waals surface area contributed by atoms with Crippen LogP contribution < -0.4 is 19.5 Å². The number of aromatic hydroxyl groups is 1. The minimum Gasteiger partial charge on any atom is -0.502 e. The second-order valence-corrected chi connectivity index (χ2v) is 5.59. The molecule has 0 aliphatic rings. The van der Waals surface area contributed by atoms with Crippen molar-refractivity contribution < 1.29 is 23.9 Å². The standard InChI is InChI=1S/C14H17N5O4S/c1-19-8-16-18-14(19)24-7-12(20)17-15-6-9-4-10(22-2)13(21)11(5-9)23-3/h4-6,8H,7H2,1-3H3,(H2,15,17,20,21)/p+1. The van der Waals surface area contributed by atoms with Crippen molar-refractivity contribution >= 4 is 23.9 Å². The van der Waals surface area contributed by atoms with E-state index in [1.807, 2.05) is 7.05 Å². The van der Waals surface area contributed by atoms with Crippen molar-refractivity contribution in [1.29, 1.82) is 0 Å². The van der Waals surface area contributed by atoms with Crippen molar-refractivity contribution in [3.8, 4) is 17.2 Å². The summed E-state index contributed by atoms with van der Waals surface area (Å²) in [5.41, 5.74) is 3.03. The molecular formula is C14H18N5O4S+. The molecule has 0 bridgehead atoms. The fourth-order valence-corrected chi connectivity index (χ4v) is 2.47. The van der Waals surface area contributed by atoms with E-state index in [2.05, 4.69) is 20.7 Å². The molecule has 0 fully saturated rings. The van der Waals surface area contributed by atoms with Gasteiger partial charge in [0.15, 0.2) is 11.5 Å². The lowest BCUT2D eigenvalue weighted by atomic mass is 10.2. The molecular weight excluding hydrogens is 334 g/mol. The van der Waals surface area contributed by atoms with Crippen LogP contribution in [0.5, 0.6) is 17.2 Å². The number of methoxy groups -OCH3 is 2. The van der Waals surface area contributed by atoms with Crippen LogP contribution >= 0.6 is 11.8 Å². The first-order valence-corrected chi connectivity index (χ1v) is 7.82. The molecule has 2 aromatic rings. The van der Waals surface area contributed by atoms with Crippen LogP contribution in [-0.2, 0) is 11.8 Å². The number of phenols is 1. The molecule has 1 aromatic carbocycles. The second kappa shape index (κ2) is 8.20. The lowest BCUT2D eigenvalue weighted by molar-refractivity contribution is -0.709. The maximum Gasteiger partial charge on any atom is 0.293 e. The maximum absolute atomic E-state index is 11.8. The summed E-state index contributed by atoms with van der Waals surface area (Å²) in [6.07, 6.45) is 3.05. The third kappa shape index (κ3) is 4.38. The number of H-pyrrole nitrogens is 1. The third-order valence-electron chi connectivity index (χ3n) is 2.96. The van der Waals surface area contributed by atoms with Crippen molar-refractivity contribution in [3.63, 3.8) is 0 Å². The molecule has 0 spiro atoms. The van der Waals surface area contributed by atoms with Gasteiger partial charge in [-0.3, -0.25) is 4.79 Å². The van der Waals surface area contributed by atoms with Gasteiger partial charge >= 0.3 is 0 Å². The lowest BCUT2D eigenvalue weighted by Gasteiger charge is -2.09. The van der Waals surface area contributed by atoms with E-state index in [1.54, 1.807) is 23.0 Å². The van der Waals surface area contributed by atoms with Crippen LogP contribution in [0.3, 0.4) is 0 Å². The quantitative estimate of drug-likeness (QED) is 0.284. The molecule has 0 radical (unpaired) electrons. The summed E-state index contributed by atoms with van der Waals surface area (Å²) in [5, 5.41) is 21.1. The number of nitrogens with zero attached hydrogens (tertiary/aromatic N) is 3. The highest BCUT2D eigenvalue weighted by atomic mass is 32.2. The summed E-state index contributed by atoms with van der Waals surface area (Å²) >= 11 is 1.31. The number of aromatic nitrogens is 3. The predicted octanol–water partition coefficient (Wildman–Crippen LogP) is 0.199. The number of carbonyl (C=O) groups is 1. The van der Waals surface area contributed by atoms with Crippen LogP contribution in [-0.4, -0.2) is 47.4 Å². The van der Waals surface area contributed by atoms with Gasteiger partial charge in [-0.1, -0.05) is 0 Å². The highest BCUT2D eigenvalue weighted by Gasteiger charge is 2.11. The highest BCUT2D eigenvalue weighted by molar-refractivity contribution is 7.99. The largest absolute Gasteiger partial charge is 0.502 e. The van der Waals surface area contributed by atoms with Crippen molar-refractivity contribution in [2.45, 2.75) is 5.16 Å². The van der Waals surface area contributed by atoms with Crippen molar-refractivity contribution in [1.82, 2.24) is 15.6 Å². The summed E-state index contributed by atoms with van der Waals surface area (Å²) in [4.78, 5) is 11.8. The second-order valence-electron chi connectivity index (χ2n) is 4.63. The van der Waals surface area contributed by atoms with E-state index < -0.39 is 0 Å². The minimum atomic E-state index is -0.261. The number of hydrogen-bond acceptors (Lipinski definition) is 7. The molecule has 0 aliphatic carbocycles. The van der Waals surface area contributed by atoms with Gasteiger partial charge in [0.25, 0.3) is 17.4 Å². The summed E-state index contributed by atoms with van der Waals surface area (Å²) in [5.74, 6) is 0.345. The molecule has 10 heteroatoms. The SMILES string of the molecule is COc1cc(C=NNC(=O)CSc2[nH]nc[n+]2C)cc(OC)c1O. The van der Waals surface area contributed by atoms with Gasteiger partial charge in [-0.25, -0.2) is 9.99 Å². The molecule has 1 aromatic heterocycles. The van der Waals surface area contributed by atoms with Crippen LogP contribution in [0, 0.1) is 0 Å². The van der Waals surface area contributed by atoms with Crippen molar-refractivity contribution in [2.24, 2.45) is 12.1 Å². The molecule has 0 aliphatic heterocycles. The molecule has 0 atom stereocenters. The molecule has 0 unspecified atom stereocenters. The number of benzene rings is 1. The van der Waals surface area contributed by atoms with E-state index in [-0.39, 0.29) is 28.9 Å². The number of rotatable bonds is 7. The van der Waals surface area contributed by atoms with Gasteiger partial charge in [-0.05, 0) is 23.9 Å². The number of aromatic amines is 1. The Balaban J connectivity index is 1.93. The Bertz CT molecular complexity index is 722. The fourth-order valence-electron chi connectivity index (χ4n) is 1.77. The smallest absolute Gasteiger partial charge is 0.293 e. The number of carbonyl (C=O) groups excluding carboxylic acids is 1. The lowest BCUT2D eigenvalue weighted by Crippen LogP contribution is -2.28. The number of hydrazone groups is 1. The minimum absolute atomic E-state index is 0.0926. The molecule has 0 saturated heterocycles. The van der Waals surface area contributed by atoms with Crippen LogP contribution in [0.15, 0.2) is 28.7 Å². The number of phenolic OH excluding ortho intramolecular Hbond substituents is 1.